The number of hydrogen-bond donors (Lipinski definition) is 2. The number of nitrogens with zero attached hydrogens (tertiary/aromatic N) is 1. The molecule has 1 unspecified atom stereocenters. The van der Waals surface area contributed by atoms with Gasteiger partial charge in [0, 0.05) is 26.3 Å². The molecule has 0 heterocycles. The second kappa shape index (κ2) is 7.79. The number of aliphatic hydroxyl groups is 1. The van der Waals surface area contributed by atoms with E-state index in [1.807, 2.05) is 38.1 Å². The van der Waals surface area contributed by atoms with Gasteiger partial charge < -0.3 is 10.0 Å². The molecule has 0 aliphatic rings. The van der Waals surface area contributed by atoms with Crippen LogP contribution in [0.4, 0.5) is 5.69 Å². The van der Waals surface area contributed by atoms with Crippen molar-refractivity contribution in [1.82, 2.24) is 4.72 Å². The van der Waals surface area contributed by atoms with Gasteiger partial charge in [0.05, 0.1) is 11.0 Å². The average Bonchev–Trinajstić information content (AvgIpc) is 2.60. The standard InChI is InChI=1S/C18H24N2O3S/c1-4-14-5-11-17(12-6-14)24(22,23)19-13-18(21)15-7-9-16(10-8-15)20(2)3/h5-12,18-19,21H,4,13H2,1-3H3. The third-order valence-electron chi connectivity index (χ3n) is 3.90. The lowest BCUT2D eigenvalue weighted by molar-refractivity contribution is 0.182. The number of hydrogen-bond acceptors (Lipinski definition) is 4. The van der Waals surface area contributed by atoms with Gasteiger partial charge in [-0.25, -0.2) is 13.1 Å². The highest BCUT2D eigenvalue weighted by atomic mass is 32.2. The maximum Gasteiger partial charge on any atom is 0.240 e. The van der Waals surface area contributed by atoms with Gasteiger partial charge in [-0.15, -0.1) is 0 Å². The van der Waals surface area contributed by atoms with Crippen LogP contribution in [0.5, 0.6) is 0 Å². The topological polar surface area (TPSA) is 69.6 Å². The molecule has 0 saturated carbocycles. The van der Waals surface area contributed by atoms with Crippen LogP contribution in [0.1, 0.15) is 24.2 Å². The summed E-state index contributed by atoms with van der Waals surface area (Å²) in [4.78, 5) is 2.16. The lowest BCUT2D eigenvalue weighted by atomic mass is 10.1. The fourth-order valence-corrected chi connectivity index (χ4v) is 3.33. The number of sulfonamides is 1. The molecule has 24 heavy (non-hydrogen) atoms. The molecular weight excluding hydrogens is 324 g/mol. The summed E-state index contributed by atoms with van der Waals surface area (Å²) in [7, 11) is 0.240. The highest BCUT2D eigenvalue weighted by Gasteiger charge is 2.16. The normalized spacial score (nSPS) is 12.8. The zero-order valence-electron chi connectivity index (χ0n) is 14.2. The molecule has 2 aromatic rings. The van der Waals surface area contributed by atoms with Crippen LogP contribution in [0.3, 0.4) is 0 Å². The minimum atomic E-state index is -3.63. The third kappa shape index (κ3) is 4.56. The molecule has 2 aromatic carbocycles. The van der Waals surface area contributed by atoms with Crippen molar-refractivity contribution in [3.05, 3.63) is 59.7 Å². The summed E-state index contributed by atoms with van der Waals surface area (Å²) < 4.78 is 27.0. The van der Waals surface area contributed by atoms with Gasteiger partial charge in [-0.2, -0.15) is 0 Å². The number of aryl methyl sites for hydroxylation is 1. The second-order valence-electron chi connectivity index (χ2n) is 5.85. The molecule has 2 rings (SSSR count). The van der Waals surface area contributed by atoms with E-state index in [0.717, 1.165) is 17.7 Å². The first kappa shape index (κ1) is 18.4. The van der Waals surface area contributed by atoms with Crippen molar-refractivity contribution in [1.29, 1.82) is 0 Å². The van der Waals surface area contributed by atoms with Gasteiger partial charge in [0.25, 0.3) is 0 Å². The molecule has 0 saturated heterocycles. The van der Waals surface area contributed by atoms with Gasteiger partial charge in [-0.3, -0.25) is 0 Å². The molecule has 0 spiro atoms. The fourth-order valence-electron chi connectivity index (χ4n) is 2.29. The molecule has 5 nitrogen and oxygen atoms in total. The van der Waals surface area contributed by atoms with Crippen molar-refractivity contribution in [2.75, 3.05) is 25.5 Å². The zero-order valence-corrected chi connectivity index (χ0v) is 15.0. The van der Waals surface area contributed by atoms with Gasteiger partial charge >= 0.3 is 0 Å². The van der Waals surface area contributed by atoms with Crippen molar-refractivity contribution in [3.63, 3.8) is 0 Å². The van der Waals surface area contributed by atoms with E-state index in [0.29, 0.717) is 5.56 Å². The molecule has 0 aliphatic carbocycles. The van der Waals surface area contributed by atoms with E-state index in [4.69, 9.17) is 0 Å². The van der Waals surface area contributed by atoms with Crippen LogP contribution >= 0.6 is 0 Å². The molecule has 0 amide bonds. The van der Waals surface area contributed by atoms with Gasteiger partial charge in [0.2, 0.25) is 10.0 Å². The highest BCUT2D eigenvalue weighted by Crippen LogP contribution is 2.18. The first-order chi connectivity index (χ1) is 11.3. The summed E-state index contributed by atoms with van der Waals surface area (Å²) in [5.74, 6) is 0. The molecule has 130 valence electrons. The van der Waals surface area contributed by atoms with Gasteiger partial charge in [0.15, 0.2) is 0 Å². The number of anilines is 1. The molecule has 0 fully saturated rings. The summed E-state index contributed by atoms with van der Waals surface area (Å²) in [6, 6.07) is 14.1. The number of rotatable bonds is 7. The van der Waals surface area contributed by atoms with Crippen molar-refractivity contribution in [2.24, 2.45) is 0 Å². The minimum absolute atomic E-state index is 0.0703. The molecule has 0 aliphatic heterocycles. The Balaban J connectivity index is 2.02. The summed E-state index contributed by atoms with van der Waals surface area (Å²) in [6.07, 6.45) is -0.0408. The van der Waals surface area contributed by atoms with Crippen LogP contribution in [0.25, 0.3) is 0 Å². The second-order valence-corrected chi connectivity index (χ2v) is 7.62. The predicted molar refractivity (Wildman–Crippen MR) is 96.7 cm³/mol. The smallest absolute Gasteiger partial charge is 0.240 e. The van der Waals surface area contributed by atoms with Gasteiger partial charge in [-0.05, 0) is 41.8 Å². The van der Waals surface area contributed by atoms with E-state index in [2.05, 4.69) is 4.72 Å². The van der Waals surface area contributed by atoms with E-state index in [1.54, 1.807) is 36.4 Å². The Labute approximate surface area is 144 Å². The van der Waals surface area contributed by atoms with Crippen LogP contribution in [-0.4, -0.2) is 34.2 Å². The maximum absolute atomic E-state index is 12.3. The van der Waals surface area contributed by atoms with E-state index in [9.17, 15) is 13.5 Å². The SMILES string of the molecule is CCc1ccc(S(=O)(=O)NCC(O)c2ccc(N(C)C)cc2)cc1. The first-order valence-electron chi connectivity index (χ1n) is 7.87. The van der Waals surface area contributed by atoms with Crippen LogP contribution in [0, 0.1) is 0 Å². The maximum atomic E-state index is 12.3. The van der Waals surface area contributed by atoms with E-state index in [-0.39, 0.29) is 11.4 Å². The van der Waals surface area contributed by atoms with Crippen molar-refractivity contribution in [2.45, 2.75) is 24.3 Å². The Morgan fingerprint density at radius 3 is 2.12 bits per heavy atom. The molecular formula is C18H24N2O3S. The Bertz CT molecular complexity index is 754. The largest absolute Gasteiger partial charge is 0.387 e. The van der Waals surface area contributed by atoms with E-state index >= 15 is 0 Å². The molecule has 0 aromatic heterocycles. The Kier molecular flexibility index (Phi) is 5.99. The average molecular weight is 348 g/mol. The third-order valence-corrected chi connectivity index (χ3v) is 5.34. The van der Waals surface area contributed by atoms with Crippen molar-refractivity contribution < 1.29 is 13.5 Å². The van der Waals surface area contributed by atoms with Crippen LogP contribution in [0.15, 0.2) is 53.4 Å². The molecule has 0 bridgehead atoms. The fraction of sp³-hybridized carbons (Fsp3) is 0.333. The van der Waals surface area contributed by atoms with Crippen LogP contribution in [-0.2, 0) is 16.4 Å². The monoisotopic (exact) mass is 348 g/mol. The first-order valence-corrected chi connectivity index (χ1v) is 9.35. The highest BCUT2D eigenvalue weighted by molar-refractivity contribution is 7.89. The summed E-state index contributed by atoms with van der Waals surface area (Å²) in [5, 5.41) is 10.2. The Morgan fingerprint density at radius 1 is 1.04 bits per heavy atom. The molecule has 2 N–H and O–H groups in total. The predicted octanol–water partition coefficient (Wildman–Crippen LogP) is 2.33. The summed E-state index contributed by atoms with van der Waals surface area (Å²) >= 11 is 0. The summed E-state index contributed by atoms with van der Waals surface area (Å²) in [6.45, 7) is 1.94. The molecule has 6 heteroatoms. The zero-order chi connectivity index (χ0) is 17.7. The molecule has 0 radical (unpaired) electrons. The number of benzene rings is 2. The molecule has 1 atom stereocenters. The van der Waals surface area contributed by atoms with E-state index < -0.39 is 16.1 Å². The Hall–Kier alpha value is -1.89. The minimum Gasteiger partial charge on any atom is -0.387 e. The number of aliphatic hydroxyl groups excluding tert-OH is 1. The quantitative estimate of drug-likeness (QED) is 0.806. The van der Waals surface area contributed by atoms with Crippen LogP contribution in [0.2, 0.25) is 0 Å². The Morgan fingerprint density at radius 2 is 1.62 bits per heavy atom. The van der Waals surface area contributed by atoms with Gasteiger partial charge in [0.1, 0.15) is 0 Å². The van der Waals surface area contributed by atoms with Gasteiger partial charge in [-0.1, -0.05) is 31.2 Å². The number of nitrogens with one attached hydrogen (secondary N) is 1. The van der Waals surface area contributed by atoms with Crippen molar-refractivity contribution >= 4 is 15.7 Å². The van der Waals surface area contributed by atoms with E-state index in [1.165, 1.54) is 0 Å². The lowest BCUT2D eigenvalue weighted by Crippen LogP contribution is -2.28. The lowest BCUT2D eigenvalue weighted by Gasteiger charge is -2.16. The van der Waals surface area contributed by atoms with Crippen LogP contribution < -0.4 is 9.62 Å². The van der Waals surface area contributed by atoms with Crippen molar-refractivity contribution in [3.8, 4) is 0 Å². The summed E-state index contributed by atoms with van der Waals surface area (Å²) in [5.41, 5.74) is 2.77.